The van der Waals surface area contributed by atoms with Crippen LogP contribution in [0.2, 0.25) is 0 Å². The van der Waals surface area contributed by atoms with Crippen molar-refractivity contribution in [2.75, 3.05) is 19.8 Å². The zero-order chi connectivity index (χ0) is 17.7. The Bertz CT molecular complexity index is 769. The van der Waals surface area contributed by atoms with Gasteiger partial charge < -0.3 is 14.0 Å². The van der Waals surface area contributed by atoms with Gasteiger partial charge in [-0.1, -0.05) is 32.1 Å². The lowest BCUT2D eigenvalue weighted by molar-refractivity contribution is -0.125. The highest BCUT2D eigenvalue weighted by atomic mass is 32.1. The van der Waals surface area contributed by atoms with Crippen LogP contribution in [0.5, 0.6) is 5.75 Å². The van der Waals surface area contributed by atoms with E-state index in [9.17, 15) is 4.79 Å². The fourth-order valence-electron chi connectivity index (χ4n) is 2.17. The lowest BCUT2D eigenvalue weighted by atomic mass is 9.96. The summed E-state index contributed by atoms with van der Waals surface area (Å²) in [4.78, 5) is 17.4. The van der Waals surface area contributed by atoms with Crippen molar-refractivity contribution in [3.8, 4) is 5.75 Å². The molecule has 0 bridgehead atoms. The summed E-state index contributed by atoms with van der Waals surface area (Å²) in [5.41, 5.74) is 0.549. The topological polar surface area (TPSA) is 52.8 Å². The van der Waals surface area contributed by atoms with Gasteiger partial charge >= 0.3 is 0 Å². The molecule has 1 amide bonds. The molecule has 2 aromatic rings. The SMILES string of the molecule is CCOCCn1c(=NC(=O)C(C)(C)C)sc2cc(OCC)ccc21. The summed E-state index contributed by atoms with van der Waals surface area (Å²) in [7, 11) is 0. The standard InChI is InChI=1S/C18H26N2O3S/c1-6-22-11-10-20-14-9-8-13(23-7-2)12-15(14)24-17(20)19-16(21)18(3,4)5/h8-9,12H,6-7,10-11H2,1-5H3. The molecule has 0 N–H and O–H groups in total. The van der Waals surface area contributed by atoms with E-state index in [0.29, 0.717) is 31.2 Å². The number of hydrogen-bond acceptors (Lipinski definition) is 4. The van der Waals surface area contributed by atoms with Crippen LogP contribution in [0.25, 0.3) is 10.2 Å². The third kappa shape index (κ3) is 4.45. The number of fused-ring (bicyclic) bond motifs is 1. The van der Waals surface area contributed by atoms with Crippen molar-refractivity contribution in [1.82, 2.24) is 4.57 Å². The van der Waals surface area contributed by atoms with Crippen molar-refractivity contribution >= 4 is 27.5 Å². The molecule has 0 fully saturated rings. The molecule has 24 heavy (non-hydrogen) atoms. The van der Waals surface area contributed by atoms with Gasteiger partial charge in [0.1, 0.15) is 5.75 Å². The lowest BCUT2D eigenvalue weighted by Gasteiger charge is -2.12. The van der Waals surface area contributed by atoms with E-state index in [1.807, 2.05) is 52.8 Å². The van der Waals surface area contributed by atoms with E-state index in [1.165, 1.54) is 11.3 Å². The third-order valence-electron chi connectivity index (χ3n) is 3.47. The Morgan fingerprint density at radius 1 is 1.25 bits per heavy atom. The molecule has 1 aromatic heterocycles. The van der Waals surface area contributed by atoms with Gasteiger partial charge in [-0.2, -0.15) is 4.99 Å². The summed E-state index contributed by atoms with van der Waals surface area (Å²) in [5.74, 6) is 0.709. The molecule has 0 unspecified atom stereocenters. The number of nitrogens with zero attached hydrogens (tertiary/aromatic N) is 2. The zero-order valence-electron chi connectivity index (χ0n) is 15.1. The average molecular weight is 350 g/mol. The van der Waals surface area contributed by atoms with Crippen LogP contribution in [0.4, 0.5) is 0 Å². The maximum atomic E-state index is 12.3. The number of rotatable bonds is 6. The average Bonchev–Trinajstić information content (AvgIpc) is 2.84. The molecule has 5 nitrogen and oxygen atoms in total. The number of amides is 1. The van der Waals surface area contributed by atoms with Crippen LogP contribution in [0.1, 0.15) is 34.6 Å². The molecule has 0 aliphatic carbocycles. The molecule has 6 heteroatoms. The normalized spacial score (nSPS) is 12.8. The maximum absolute atomic E-state index is 12.3. The molecule has 0 saturated carbocycles. The minimum absolute atomic E-state index is 0.121. The monoisotopic (exact) mass is 350 g/mol. The molecule has 2 rings (SSSR count). The first-order valence-corrected chi connectivity index (χ1v) is 9.11. The highest BCUT2D eigenvalue weighted by Crippen LogP contribution is 2.24. The van der Waals surface area contributed by atoms with Crippen molar-refractivity contribution in [3.63, 3.8) is 0 Å². The van der Waals surface area contributed by atoms with E-state index >= 15 is 0 Å². The van der Waals surface area contributed by atoms with Gasteiger partial charge in [-0.3, -0.25) is 4.79 Å². The van der Waals surface area contributed by atoms with Crippen molar-refractivity contribution in [1.29, 1.82) is 0 Å². The summed E-state index contributed by atoms with van der Waals surface area (Å²) < 4.78 is 14.2. The van der Waals surface area contributed by atoms with E-state index in [0.717, 1.165) is 16.0 Å². The first kappa shape index (κ1) is 18.7. The van der Waals surface area contributed by atoms with E-state index in [2.05, 4.69) is 9.56 Å². The molecule has 0 aliphatic rings. The van der Waals surface area contributed by atoms with Gasteiger partial charge in [-0.05, 0) is 32.0 Å². The van der Waals surface area contributed by atoms with Gasteiger partial charge in [0, 0.05) is 18.6 Å². The Morgan fingerprint density at radius 2 is 2.00 bits per heavy atom. The highest BCUT2D eigenvalue weighted by molar-refractivity contribution is 7.16. The minimum Gasteiger partial charge on any atom is -0.494 e. The quantitative estimate of drug-likeness (QED) is 0.748. The molecule has 0 spiro atoms. The first-order valence-electron chi connectivity index (χ1n) is 8.30. The predicted octanol–water partition coefficient (Wildman–Crippen LogP) is 3.61. The van der Waals surface area contributed by atoms with Gasteiger partial charge in [0.05, 0.1) is 23.4 Å². The van der Waals surface area contributed by atoms with Gasteiger partial charge in [0.15, 0.2) is 4.80 Å². The number of benzene rings is 1. The van der Waals surface area contributed by atoms with Crippen molar-refractivity contribution in [2.24, 2.45) is 10.4 Å². The van der Waals surface area contributed by atoms with Gasteiger partial charge in [0.2, 0.25) is 0 Å². The van der Waals surface area contributed by atoms with Gasteiger partial charge in [-0.25, -0.2) is 0 Å². The van der Waals surface area contributed by atoms with E-state index in [-0.39, 0.29) is 5.91 Å². The second-order valence-corrected chi connectivity index (χ2v) is 7.47. The Morgan fingerprint density at radius 3 is 2.62 bits per heavy atom. The summed E-state index contributed by atoms with van der Waals surface area (Å²) >= 11 is 1.51. The first-order chi connectivity index (χ1) is 11.4. The van der Waals surface area contributed by atoms with Crippen LogP contribution >= 0.6 is 11.3 Å². The Balaban J connectivity index is 2.52. The van der Waals surface area contributed by atoms with Crippen LogP contribution in [-0.4, -0.2) is 30.3 Å². The minimum atomic E-state index is -0.496. The molecule has 0 saturated heterocycles. The number of hydrogen-bond donors (Lipinski definition) is 0. The predicted molar refractivity (Wildman–Crippen MR) is 97.5 cm³/mol. The molecule has 1 aromatic carbocycles. The highest BCUT2D eigenvalue weighted by Gasteiger charge is 2.21. The fourth-order valence-corrected chi connectivity index (χ4v) is 3.25. The number of carbonyl (C=O) groups excluding carboxylic acids is 1. The van der Waals surface area contributed by atoms with Crippen molar-refractivity contribution < 1.29 is 14.3 Å². The number of ether oxygens (including phenoxy) is 2. The summed E-state index contributed by atoms with van der Waals surface area (Å²) in [5, 5.41) is 0. The number of carbonyl (C=O) groups is 1. The maximum Gasteiger partial charge on any atom is 0.253 e. The van der Waals surface area contributed by atoms with Gasteiger partial charge in [0.25, 0.3) is 5.91 Å². The molecule has 1 heterocycles. The van der Waals surface area contributed by atoms with E-state index < -0.39 is 5.41 Å². The van der Waals surface area contributed by atoms with E-state index in [1.54, 1.807) is 0 Å². The lowest BCUT2D eigenvalue weighted by Crippen LogP contribution is -2.24. The molecule has 0 radical (unpaired) electrons. The molecular weight excluding hydrogens is 324 g/mol. The van der Waals surface area contributed by atoms with Gasteiger partial charge in [-0.15, -0.1) is 0 Å². The van der Waals surface area contributed by atoms with Crippen LogP contribution in [0, 0.1) is 5.41 Å². The summed E-state index contributed by atoms with van der Waals surface area (Å²) in [6.07, 6.45) is 0. The number of thiazole rings is 1. The number of aromatic nitrogens is 1. The molecule has 132 valence electrons. The third-order valence-corrected chi connectivity index (χ3v) is 4.51. The Hall–Kier alpha value is -1.66. The van der Waals surface area contributed by atoms with Crippen LogP contribution in [-0.2, 0) is 16.1 Å². The molecular formula is C18H26N2O3S. The van der Waals surface area contributed by atoms with Crippen LogP contribution in [0.3, 0.4) is 0 Å². The van der Waals surface area contributed by atoms with Crippen molar-refractivity contribution in [3.05, 3.63) is 23.0 Å². The Labute approximate surface area is 146 Å². The summed E-state index contributed by atoms with van der Waals surface area (Å²) in [6, 6.07) is 5.97. The van der Waals surface area contributed by atoms with E-state index in [4.69, 9.17) is 9.47 Å². The Kier molecular flexibility index (Phi) is 6.18. The zero-order valence-corrected chi connectivity index (χ0v) is 15.9. The largest absolute Gasteiger partial charge is 0.494 e. The van der Waals surface area contributed by atoms with Crippen LogP contribution in [0.15, 0.2) is 23.2 Å². The molecule has 0 aliphatic heterocycles. The molecule has 0 atom stereocenters. The second kappa shape index (κ2) is 7.94. The van der Waals surface area contributed by atoms with Crippen LogP contribution < -0.4 is 9.54 Å². The smallest absolute Gasteiger partial charge is 0.253 e. The second-order valence-electron chi connectivity index (χ2n) is 6.46. The summed E-state index contributed by atoms with van der Waals surface area (Å²) in [6.45, 7) is 12.1. The fraction of sp³-hybridized carbons (Fsp3) is 0.556. The van der Waals surface area contributed by atoms with Crippen molar-refractivity contribution in [2.45, 2.75) is 41.2 Å².